The van der Waals surface area contributed by atoms with E-state index in [0.717, 1.165) is 6.54 Å². The lowest BCUT2D eigenvalue weighted by Crippen LogP contribution is -2.00. The first kappa shape index (κ1) is 32.9. The quantitative estimate of drug-likeness (QED) is 0.0694. The molecule has 2 aliphatic carbocycles. The summed E-state index contributed by atoms with van der Waals surface area (Å²) in [5.41, 5.74) is 1.25. The molecule has 0 amide bonds. The standard InChI is InChI=1S/C54H36INS2/c1-2-3-4-5-6-7-24-56-28-9-11-38-44(26-28)58-54-42-23-19-36-32-15-12-29-33-16-20-39-49-41(53-51(39)37-10-8-27(55)25-43(37)57-53)22-18-35(47(33)49)31-14-13-30(46(32)45(29)31)34-17-21-40(52(38)54)50(42)48(34)36/h8-23,25-26,56H,2-7,24H2,1H3. The molecule has 2 heterocycles. The number of unbranched alkanes of at least 4 members (excludes halogenated alkanes) is 5. The molecule has 0 unspecified atom stereocenters. The summed E-state index contributed by atoms with van der Waals surface area (Å²) in [5, 5.41) is 34.4. The summed E-state index contributed by atoms with van der Waals surface area (Å²) in [6.45, 7) is 3.33. The van der Waals surface area contributed by atoms with Crippen LogP contribution in [-0.4, -0.2) is 6.54 Å². The van der Waals surface area contributed by atoms with E-state index in [4.69, 9.17) is 0 Å². The molecule has 58 heavy (non-hydrogen) atoms. The van der Waals surface area contributed by atoms with Crippen molar-refractivity contribution >= 4 is 147 Å². The highest BCUT2D eigenvalue weighted by atomic mass is 127. The van der Waals surface area contributed by atoms with Crippen molar-refractivity contribution in [1.82, 2.24) is 0 Å². The van der Waals surface area contributed by atoms with Gasteiger partial charge in [-0.3, -0.25) is 0 Å². The Labute approximate surface area is 354 Å². The number of fused-ring (bicyclic) bond motifs is 10. The van der Waals surface area contributed by atoms with Gasteiger partial charge in [-0.1, -0.05) is 124 Å². The van der Waals surface area contributed by atoms with Gasteiger partial charge in [0, 0.05) is 65.9 Å². The summed E-state index contributed by atoms with van der Waals surface area (Å²) in [6.07, 6.45) is 7.94. The van der Waals surface area contributed by atoms with Crippen LogP contribution in [0.2, 0.25) is 0 Å². The SMILES string of the molecule is CCCCCCCCNc1ccc2c3c(sc2c1)=c1ccc2c4ccc5c6ccc7c8c(ccc(c9ccc(c%10ccc=3c1c2%10)c4c59)c86)=c1sc2cc(I)ccc2c1=7. The second-order valence-electron chi connectivity index (χ2n) is 16.9. The molecule has 2 aromatic heterocycles. The molecule has 4 heteroatoms. The number of rotatable bonds is 8. The van der Waals surface area contributed by atoms with Gasteiger partial charge in [0.2, 0.25) is 0 Å². The van der Waals surface area contributed by atoms with Crippen molar-refractivity contribution in [2.45, 2.75) is 45.4 Å². The fourth-order valence-corrected chi connectivity index (χ4v) is 14.7. The molecular formula is C54H36INS2. The van der Waals surface area contributed by atoms with Crippen LogP contribution in [0.3, 0.4) is 0 Å². The smallest absolute Gasteiger partial charge is 0.0440 e. The lowest BCUT2D eigenvalue weighted by atomic mass is 9.83. The number of halogens is 1. The first-order chi connectivity index (χ1) is 28.7. The third-order valence-electron chi connectivity index (χ3n) is 13.9. The zero-order chi connectivity index (χ0) is 38.0. The van der Waals surface area contributed by atoms with Crippen LogP contribution in [0.25, 0.3) is 95.6 Å². The van der Waals surface area contributed by atoms with Crippen LogP contribution in [0.1, 0.15) is 45.4 Å². The Morgan fingerprint density at radius 1 is 0.414 bits per heavy atom. The molecule has 12 aromatic rings. The molecule has 14 rings (SSSR count). The molecule has 0 aliphatic heterocycles. The topological polar surface area (TPSA) is 12.0 Å². The molecule has 0 spiro atoms. The van der Waals surface area contributed by atoms with Crippen molar-refractivity contribution in [2.75, 3.05) is 11.9 Å². The second kappa shape index (κ2) is 11.8. The van der Waals surface area contributed by atoms with E-state index in [9.17, 15) is 0 Å². The number of thiophene rings is 2. The van der Waals surface area contributed by atoms with Gasteiger partial charge in [-0.2, -0.15) is 0 Å². The molecule has 0 saturated heterocycles. The highest BCUT2D eigenvalue weighted by Crippen LogP contribution is 2.49. The first-order valence-electron chi connectivity index (χ1n) is 21.0. The largest absolute Gasteiger partial charge is 0.385 e. The molecule has 276 valence electrons. The van der Waals surface area contributed by atoms with Crippen LogP contribution in [0, 0.1) is 43.9 Å². The van der Waals surface area contributed by atoms with Crippen LogP contribution in [0.5, 0.6) is 0 Å². The average molecular weight is 890 g/mol. The van der Waals surface area contributed by atoms with Gasteiger partial charge in [0.1, 0.15) is 0 Å². The number of hydrogen-bond acceptors (Lipinski definition) is 3. The Bertz CT molecular complexity index is 4170. The summed E-state index contributed by atoms with van der Waals surface area (Å²) >= 11 is 6.37. The van der Waals surface area contributed by atoms with E-state index in [1.54, 1.807) is 0 Å². The van der Waals surface area contributed by atoms with E-state index in [1.807, 2.05) is 22.7 Å². The van der Waals surface area contributed by atoms with Crippen molar-refractivity contribution in [3.8, 4) is 0 Å². The summed E-state index contributed by atoms with van der Waals surface area (Å²) in [4.78, 5) is 0. The maximum absolute atomic E-state index is 3.73. The van der Waals surface area contributed by atoms with Crippen LogP contribution < -0.4 is 5.32 Å². The maximum atomic E-state index is 3.73. The average Bonchev–Trinajstić information content (AvgIpc) is 3.99. The number of benzene rings is 10. The summed E-state index contributed by atoms with van der Waals surface area (Å²) in [7, 11) is 0. The summed E-state index contributed by atoms with van der Waals surface area (Å²) < 4.78 is 6.91. The molecule has 0 radical (unpaired) electrons. The lowest BCUT2D eigenvalue weighted by Gasteiger charge is -2.19. The Morgan fingerprint density at radius 3 is 1.36 bits per heavy atom. The molecule has 1 nitrogen and oxygen atoms in total. The minimum absolute atomic E-state index is 1.05. The second-order valence-corrected chi connectivity index (χ2v) is 20.2. The van der Waals surface area contributed by atoms with E-state index < -0.39 is 0 Å². The van der Waals surface area contributed by atoms with E-state index in [-0.39, 0.29) is 0 Å². The molecular weight excluding hydrogens is 854 g/mol. The van der Waals surface area contributed by atoms with E-state index in [0.29, 0.717) is 0 Å². The third-order valence-corrected chi connectivity index (χ3v) is 16.9. The maximum Gasteiger partial charge on any atom is 0.0440 e. The zero-order valence-electron chi connectivity index (χ0n) is 32.0. The van der Waals surface area contributed by atoms with Crippen LogP contribution in [0.15, 0.2) is 109 Å². The van der Waals surface area contributed by atoms with Crippen molar-refractivity contribution in [1.29, 1.82) is 0 Å². The molecule has 10 aromatic carbocycles. The Morgan fingerprint density at radius 2 is 0.828 bits per heavy atom. The minimum Gasteiger partial charge on any atom is -0.385 e. The Balaban J connectivity index is 0.985. The summed E-state index contributed by atoms with van der Waals surface area (Å²) in [5.74, 6) is 0. The monoisotopic (exact) mass is 889 g/mol. The van der Waals surface area contributed by atoms with E-state index in [1.165, 1.54) is 184 Å². The van der Waals surface area contributed by atoms with Crippen LogP contribution in [-0.2, 0) is 0 Å². The van der Waals surface area contributed by atoms with Gasteiger partial charge in [0.25, 0.3) is 0 Å². The van der Waals surface area contributed by atoms with Crippen LogP contribution >= 0.6 is 45.3 Å². The van der Waals surface area contributed by atoms with Gasteiger partial charge >= 0.3 is 0 Å². The van der Waals surface area contributed by atoms with Crippen molar-refractivity contribution in [2.24, 2.45) is 0 Å². The fourth-order valence-electron chi connectivity index (χ4n) is 11.4. The Kier molecular flexibility index (Phi) is 6.70. The van der Waals surface area contributed by atoms with Crippen molar-refractivity contribution < 1.29 is 0 Å². The van der Waals surface area contributed by atoms with Gasteiger partial charge in [0.15, 0.2) is 0 Å². The highest BCUT2D eigenvalue weighted by Gasteiger charge is 2.23. The van der Waals surface area contributed by atoms with E-state index in [2.05, 4.69) is 144 Å². The van der Waals surface area contributed by atoms with Crippen molar-refractivity contribution in [3.05, 3.63) is 153 Å². The number of nitrogens with one attached hydrogen (secondary N) is 1. The first-order valence-corrected chi connectivity index (χ1v) is 23.7. The van der Waals surface area contributed by atoms with Crippen LogP contribution in [0.4, 0.5) is 5.69 Å². The Hall–Kier alpha value is -5.01. The predicted octanol–water partition coefficient (Wildman–Crippen LogP) is 16.2. The van der Waals surface area contributed by atoms with Crippen molar-refractivity contribution in [3.63, 3.8) is 0 Å². The molecule has 0 atom stereocenters. The van der Waals surface area contributed by atoms with E-state index >= 15 is 0 Å². The molecule has 0 saturated carbocycles. The predicted molar refractivity (Wildman–Crippen MR) is 260 cm³/mol. The normalized spacial score (nSPS) is 13.1. The zero-order valence-corrected chi connectivity index (χ0v) is 35.8. The summed E-state index contributed by atoms with van der Waals surface area (Å²) in [6, 6.07) is 43.2. The van der Waals surface area contributed by atoms with Gasteiger partial charge in [0.05, 0.1) is 0 Å². The van der Waals surface area contributed by atoms with Gasteiger partial charge < -0.3 is 5.32 Å². The van der Waals surface area contributed by atoms with Gasteiger partial charge in [-0.25, -0.2) is 0 Å². The molecule has 1 N–H and O–H groups in total. The van der Waals surface area contributed by atoms with Gasteiger partial charge in [-0.15, -0.1) is 22.7 Å². The molecule has 0 bridgehead atoms. The number of anilines is 1. The van der Waals surface area contributed by atoms with Gasteiger partial charge in [-0.05, 0) is 139 Å². The lowest BCUT2D eigenvalue weighted by molar-refractivity contribution is 0.617. The number of hydrogen-bond donors (Lipinski definition) is 1. The minimum atomic E-state index is 1.05. The molecule has 2 aliphatic rings. The third kappa shape index (κ3) is 4.11. The molecule has 0 fully saturated rings. The highest BCUT2D eigenvalue weighted by molar-refractivity contribution is 14.1. The fraction of sp³-hybridized carbons (Fsp3) is 0.148.